The van der Waals surface area contributed by atoms with Gasteiger partial charge in [0.15, 0.2) is 0 Å². The van der Waals surface area contributed by atoms with Crippen molar-refractivity contribution in [2.75, 3.05) is 0 Å². The molecule has 1 aromatic carbocycles. The van der Waals surface area contributed by atoms with Gasteiger partial charge < -0.3 is 9.52 Å². The zero-order chi connectivity index (χ0) is 12.4. The van der Waals surface area contributed by atoms with Gasteiger partial charge in [0.05, 0.1) is 23.7 Å². The van der Waals surface area contributed by atoms with Crippen molar-refractivity contribution in [3.8, 4) is 0 Å². The third-order valence-electron chi connectivity index (χ3n) is 2.97. The van der Waals surface area contributed by atoms with Crippen LogP contribution in [0.25, 0.3) is 10.9 Å². The van der Waals surface area contributed by atoms with Gasteiger partial charge in [-0.05, 0) is 23.8 Å². The first-order valence-electron chi connectivity index (χ1n) is 5.88. The molecule has 3 aromatic rings. The number of aromatic nitrogens is 1. The average molecular weight is 239 g/mol. The maximum absolute atomic E-state index is 10.1. The van der Waals surface area contributed by atoms with Gasteiger partial charge in [-0.15, -0.1) is 0 Å². The van der Waals surface area contributed by atoms with Crippen LogP contribution in [0.15, 0.2) is 59.4 Å². The molecule has 90 valence electrons. The fourth-order valence-corrected chi connectivity index (χ4v) is 2.00. The van der Waals surface area contributed by atoms with Gasteiger partial charge in [-0.25, -0.2) is 0 Å². The summed E-state index contributed by atoms with van der Waals surface area (Å²) in [5.41, 5.74) is 2.56. The van der Waals surface area contributed by atoms with Gasteiger partial charge in [0, 0.05) is 11.8 Å². The van der Waals surface area contributed by atoms with Crippen molar-refractivity contribution < 1.29 is 9.52 Å². The molecular formula is C15H13NO2. The molecule has 1 unspecified atom stereocenters. The largest absolute Gasteiger partial charge is 0.472 e. The highest BCUT2D eigenvalue weighted by Gasteiger charge is 2.11. The molecule has 0 saturated heterocycles. The number of aliphatic hydroxyl groups excluding tert-OH is 1. The van der Waals surface area contributed by atoms with Crippen LogP contribution in [0.3, 0.4) is 0 Å². The highest BCUT2D eigenvalue weighted by atomic mass is 16.3. The topological polar surface area (TPSA) is 46.3 Å². The lowest BCUT2D eigenvalue weighted by Crippen LogP contribution is -2.03. The van der Waals surface area contributed by atoms with Crippen LogP contribution < -0.4 is 0 Å². The number of fused-ring (bicyclic) bond motifs is 1. The van der Waals surface area contributed by atoms with Gasteiger partial charge in [-0.1, -0.05) is 24.3 Å². The van der Waals surface area contributed by atoms with Crippen LogP contribution in [0.2, 0.25) is 0 Å². The van der Waals surface area contributed by atoms with E-state index in [1.165, 1.54) is 0 Å². The second-order valence-electron chi connectivity index (χ2n) is 4.28. The molecule has 3 nitrogen and oxygen atoms in total. The Labute approximate surface area is 105 Å². The maximum Gasteiger partial charge on any atom is 0.100 e. The van der Waals surface area contributed by atoms with E-state index in [4.69, 9.17) is 4.42 Å². The minimum Gasteiger partial charge on any atom is -0.472 e. The third-order valence-corrected chi connectivity index (χ3v) is 2.97. The first-order chi connectivity index (χ1) is 8.83. The van der Waals surface area contributed by atoms with Crippen molar-refractivity contribution in [1.29, 1.82) is 0 Å². The van der Waals surface area contributed by atoms with E-state index in [9.17, 15) is 5.11 Å². The van der Waals surface area contributed by atoms with E-state index in [1.54, 1.807) is 12.5 Å². The summed E-state index contributed by atoms with van der Waals surface area (Å²) in [6.45, 7) is 0. The summed E-state index contributed by atoms with van der Waals surface area (Å²) < 4.78 is 4.99. The lowest BCUT2D eigenvalue weighted by molar-refractivity contribution is 0.174. The Balaban J connectivity index is 1.89. The number of furan rings is 1. The third kappa shape index (κ3) is 2.13. The quantitative estimate of drug-likeness (QED) is 0.763. The second-order valence-corrected chi connectivity index (χ2v) is 4.28. The lowest BCUT2D eigenvalue weighted by atomic mass is 10.1. The van der Waals surface area contributed by atoms with Gasteiger partial charge in [0.2, 0.25) is 0 Å². The van der Waals surface area contributed by atoms with E-state index in [0.717, 1.165) is 16.5 Å². The maximum atomic E-state index is 10.1. The van der Waals surface area contributed by atoms with E-state index in [0.29, 0.717) is 12.1 Å². The van der Waals surface area contributed by atoms with Crippen LogP contribution in [0.5, 0.6) is 0 Å². The number of pyridine rings is 1. The summed E-state index contributed by atoms with van der Waals surface area (Å²) in [6.07, 6.45) is 3.16. The molecule has 3 rings (SSSR count). The van der Waals surface area contributed by atoms with Gasteiger partial charge in [-0.3, -0.25) is 4.98 Å². The minimum atomic E-state index is -0.604. The van der Waals surface area contributed by atoms with Crippen molar-refractivity contribution in [3.63, 3.8) is 0 Å². The molecule has 2 heterocycles. The molecule has 1 N–H and O–H groups in total. The summed E-state index contributed by atoms with van der Waals surface area (Å²) in [6, 6.07) is 13.6. The Morgan fingerprint density at radius 3 is 2.83 bits per heavy atom. The zero-order valence-corrected chi connectivity index (χ0v) is 9.78. The Kier molecular flexibility index (Phi) is 2.82. The second kappa shape index (κ2) is 4.63. The molecule has 0 spiro atoms. The Morgan fingerprint density at radius 2 is 2.00 bits per heavy atom. The Morgan fingerprint density at radius 1 is 1.11 bits per heavy atom. The minimum absolute atomic E-state index is 0.516. The molecule has 0 fully saturated rings. The standard InChI is InChI=1S/C15H13NO2/c17-15(9-11-7-8-18-10-11)14-6-5-12-3-1-2-4-13(12)16-14/h1-8,10,15,17H,9H2. The molecule has 3 heteroatoms. The summed E-state index contributed by atoms with van der Waals surface area (Å²) in [4.78, 5) is 4.48. The van der Waals surface area contributed by atoms with E-state index in [2.05, 4.69) is 4.98 Å². The normalized spacial score (nSPS) is 12.7. The molecule has 1 atom stereocenters. The predicted molar refractivity (Wildman–Crippen MR) is 69.1 cm³/mol. The molecule has 0 aliphatic heterocycles. The molecule has 0 aliphatic carbocycles. The van der Waals surface area contributed by atoms with Crippen LogP contribution in [-0.2, 0) is 6.42 Å². The van der Waals surface area contributed by atoms with Crippen LogP contribution in [0.4, 0.5) is 0 Å². The van der Waals surface area contributed by atoms with Crippen LogP contribution in [0.1, 0.15) is 17.4 Å². The highest BCUT2D eigenvalue weighted by Crippen LogP contribution is 2.20. The van der Waals surface area contributed by atoms with Crippen molar-refractivity contribution in [2.24, 2.45) is 0 Å². The van der Waals surface area contributed by atoms with Crippen LogP contribution in [0, 0.1) is 0 Å². The molecule has 18 heavy (non-hydrogen) atoms. The fourth-order valence-electron chi connectivity index (χ4n) is 2.00. The summed E-state index contributed by atoms with van der Waals surface area (Å²) in [5, 5.41) is 11.2. The van der Waals surface area contributed by atoms with Crippen LogP contribution >= 0.6 is 0 Å². The number of hydrogen-bond donors (Lipinski definition) is 1. The monoisotopic (exact) mass is 239 g/mol. The van der Waals surface area contributed by atoms with Gasteiger partial charge in [0.25, 0.3) is 0 Å². The predicted octanol–water partition coefficient (Wildman–Crippen LogP) is 3.10. The smallest absolute Gasteiger partial charge is 0.100 e. The average Bonchev–Trinajstić information content (AvgIpc) is 2.91. The molecule has 0 radical (unpaired) electrons. The van der Waals surface area contributed by atoms with Crippen molar-refractivity contribution in [3.05, 3.63) is 66.2 Å². The summed E-state index contributed by atoms with van der Waals surface area (Å²) in [7, 11) is 0. The first kappa shape index (κ1) is 11.0. The zero-order valence-electron chi connectivity index (χ0n) is 9.78. The summed E-state index contributed by atoms with van der Waals surface area (Å²) >= 11 is 0. The highest BCUT2D eigenvalue weighted by molar-refractivity contribution is 5.78. The molecule has 0 bridgehead atoms. The van der Waals surface area contributed by atoms with E-state index < -0.39 is 6.10 Å². The van der Waals surface area contributed by atoms with Crippen LogP contribution in [-0.4, -0.2) is 10.1 Å². The Bertz CT molecular complexity index is 646. The number of benzene rings is 1. The Hall–Kier alpha value is -2.13. The van der Waals surface area contributed by atoms with Gasteiger partial charge in [-0.2, -0.15) is 0 Å². The molecule has 0 amide bonds. The number of rotatable bonds is 3. The SMILES string of the molecule is OC(Cc1ccoc1)c1ccc2ccccc2n1. The van der Waals surface area contributed by atoms with E-state index in [1.807, 2.05) is 42.5 Å². The first-order valence-corrected chi connectivity index (χ1v) is 5.88. The van der Waals surface area contributed by atoms with Gasteiger partial charge >= 0.3 is 0 Å². The number of para-hydroxylation sites is 1. The number of aliphatic hydroxyl groups is 1. The molecule has 0 aliphatic rings. The van der Waals surface area contributed by atoms with Crippen molar-refractivity contribution in [2.45, 2.75) is 12.5 Å². The number of nitrogens with zero attached hydrogens (tertiary/aromatic N) is 1. The molecule has 0 saturated carbocycles. The van der Waals surface area contributed by atoms with E-state index in [-0.39, 0.29) is 0 Å². The van der Waals surface area contributed by atoms with E-state index >= 15 is 0 Å². The van der Waals surface area contributed by atoms with Crippen molar-refractivity contribution in [1.82, 2.24) is 4.98 Å². The fraction of sp³-hybridized carbons (Fsp3) is 0.133. The summed E-state index contributed by atoms with van der Waals surface area (Å²) in [5.74, 6) is 0. The lowest BCUT2D eigenvalue weighted by Gasteiger charge is -2.09. The van der Waals surface area contributed by atoms with Gasteiger partial charge in [0.1, 0.15) is 6.10 Å². The van der Waals surface area contributed by atoms with Crippen molar-refractivity contribution >= 4 is 10.9 Å². The molecule has 2 aromatic heterocycles. The molecular weight excluding hydrogens is 226 g/mol. The number of hydrogen-bond acceptors (Lipinski definition) is 3.